The maximum Gasteiger partial charge on any atom is 0.263 e. The summed E-state index contributed by atoms with van der Waals surface area (Å²) >= 11 is 6.14. The van der Waals surface area contributed by atoms with E-state index in [2.05, 4.69) is 28.8 Å². The summed E-state index contributed by atoms with van der Waals surface area (Å²) in [5, 5.41) is 16.1. The van der Waals surface area contributed by atoms with Crippen LogP contribution in [0.1, 0.15) is 54.5 Å². The third-order valence-electron chi connectivity index (χ3n) is 5.35. The van der Waals surface area contributed by atoms with Crippen molar-refractivity contribution in [2.45, 2.75) is 51.6 Å². The lowest BCUT2D eigenvalue weighted by molar-refractivity contribution is -0.117. The van der Waals surface area contributed by atoms with Gasteiger partial charge in [-0.3, -0.25) is 4.79 Å². The van der Waals surface area contributed by atoms with Gasteiger partial charge in [-0.2, -0.15) is 5.26 Å². The molecule has 0 saturated carbocycles. The minimum Gasteiger partial charge on any atom is -0.386 e. The molecule has 0 saturated heterocycles. The van der Waals surface area contributed by atoms with Crippen molar-refractivity contribution < 1.29 is 4.79 Å². The lowest BCUT2D eigenvalue weighted by atomic mass is 9.88. The number of carbonyl (C=O) groups is 1. The molecule has 0 heterocycles. The second kappa shape index (κ2) is 10.1. The van der Waals surface area contributed by atoms with Gasteiger partial charge in [0, 0.05) is 17.8 Å². The molecule has 3 rings (SSSR count). The number of aryl methyl sites for hydroxylation is 2. The van der Waals surface area contributed by atoms with Crippen LogP contribution in [0, 0.1) is 11.3 Å². The number of halogens is 1. The Morgan fingerprint density at radius 2 is 1.97 bits per heavy atom. The standard InChI is InChI=1S/C24H26ClN3O/c1-2-23(19-12-11-17-7-3-4-8-18(17)13-19)28-24(29)21(14-26)16-27-15-20-9-5-6-10-22(20)25/h5-6,9-13,16,23,27H,2-4,7-8,15H2,1H3,(H,28,29)/b21-16-. The lowest BCUT2D eigenvalue weighted by Crippen LogP contribution is -2.30. The monoisotopic (exact) mass is 407 g/mol. The average Bonchev–Trinajstić information content (AvgIpc) is 2.75. The van der Waals surface area contributed by atoms with E-state index in [-0.39, 0.29) is 17.5 Å². The number of amides is 1. The zero-order chi connectivity index (χ0) is 20.6. The molecule has 29 heavy (non-hydrogen) atoms. The summed E-state index contributed by atoms with van der Waals surface area (Å²) in [7, 11) is 0. The van der Waals surface area contributed by atoms with Crippen molar-refractivity contribution in [1.29, 1.82) is 5.26 Å². The molecule has 1 aliphatic carbocycles. The van der Waals surface area contributed by atoms with E-state index in [1.807, 2.05) is 37.3 Å². The molecule has 0 fully saturated rings. The van der Waals surface area contributed by atoms with E-state index in [9.17, 15) is 10.1 Å². The largest absolute Gasteiger partial charge is 0.386 e. The predicted octanol–water partition coefficient (Wildman–Crippen LogP) is 4.98. The van der Waals surface area contributed by atoms with Crippen molar-refractivity contribution in [2.24, 2.45) is 0 Å². The Labute approximate surface area is 177 Å². The molecule has 4 nitrogen and oxygen atoms in total. The first-order valence-electron chi connectivity index (χ1n) is 10.1. The first kappa shape index (κ1) is 21.0. The average molecular weight is 408 g/mol. The molecule has 0 spiro atoms. The molecule has 1 aliphatic rings. The Balaban J connectivity index is 1.66. The van der Waals surface area contributed by atoms with Crippen molar-refractivity contribution in [3.05, 3.63) is 81.5 Å². The predicted molar refractivity (Wildman–Crippen MR) is 116 cm³/mol. The maximum atomic E-state index is 12.6. The Morgan fingerprint density at radius 1 is 1.21 bits per heavy atom. The van der Waals surface area contributed by atoms with Gasteiger partial charge in [-0.1, -0.05) is 54.9 Å². The van der Waals surface area contributed by atoms with Gasteiger partial charge < -0.3 is 10.6 Å². The Kier molecular flexibility index (Phi) is 7.32. The topological polar surface area (TPSA) is 64.9 Å². The van der Waals surface area contributed by atoms with Crippen molar-refractivity contribution in [3.8, 4) is 6.07 Å². The highest BCUT2D eigenvalue weighted by Crippen LogP contribution is 2.26. The number of nitrogens with zero attached hydrogens (tertiary/aromatic N) is 1. The highest BCUT2D eigenvalue weighted by atomic mass is 35.5. The maximum absolute atomic E-state index is 12.6. The van der Waals surface area contributed by atoms with E-state index in [4.69, 9.17) is 11.6 Å². The van der Waals surface area contributed by atoms with E-state index >= 15 is 0 Å². The van der Waals surface area contributed by atoms with Crippen LogP contribution in [0.4, 0.5) is 0 Å². The minimum atomic E-state index is -0.372. The SMILES string of the molecule is CCC(NC(=O)/C(C#N)=C\NCc1ccccc1Cl)c1ccc2c(c1)CCCC2. The van der Waals surface area contributed by atoms with Crippen LogP contribution >= 0.6 is 11.6 Å². The summed E-state index contributed by atoms with van der Waals surface area (Å²) in [5.74, 6) is -0.372. The number of hydrogen-bond donors (Lipinski definition) is 2. The Bertz CT molecular complexity index is 945. The zero-order valence-corrected chi connectivity index (χ0v) is 17.4. The molecule has 2 aromatic carbocycles. The van der Waals surface area contributed by atoms with Crippen molar-refractivity contribution >= 4 is 17.5 Å². The molecule has 0 radical (unpaired) electrons. The van der Waals surface area contributed by atoms with E-state index in [1.165, 1.54) is 30.2 Å². The van der Waals surface area contributed by atoms with Crippen LogP contribution in [0.25, 0.3) is 0 Å². The van der Waals surface area contributed by atoms with E-state index in [0.717, 1.165) is 30.4 Å². The molecule has 1 amide bonds. The molecule has 150 valence electrons. The van der Waals surface area contributed by atoms with Crippen LogP contribution in [-0.4, -0.2) is 5.91 Å². The number of benzene rings is 2. The summed E-state index contributed by atoms with van der Waals surface area (Å²) in [6.45, 7) is 2.48. The van der Waals surface area contributed by atoms with Gasteiger partial charge in [0.2, 0.25) is 0 Å². The molecular formula is C24H26ClN3O. The second-order valence-corrected chi connectivity index (χ2v) is 7.72. The fraction of sp³-hybridized carbons (Fsp3) is 0.333. The quantitative estimate of drug-likeness (QED) is 0.502. The van der Waals surface area contributed by atoms with E-state index in [1.54, 1.807) is 0 Å². The van der Waals surface area contributed by atoms with Crippen LogP contribution in [0.5, 0.6) is 0 Å². The summed E-state index contributed by atoms with van der Waals surface area (Å²) < 4.78 is 0. The van der Waals surface area contributed by atoms with Gasteiger partial charge >= 0.3 is 0 Å². The normalized spacial score (nSPS) is 14.4. The lowest BCUT2D eigenvalue weighted by Gasteiger charge is -2.21. The van der Waals surface area contributed by atoms with Gasteiger partial charge in [-0.15, -0.1) is 0 Å². The first-order valence-corrected chi connectivity index (χ1v) is 10.5. The summed E-state index contributed by atoms with van der Waals surface area (Å²) in [6, 6.07) is 15.8. The summed E-state index contributed by atoms with van der Waals surface area (Å²) in [4.78, 5) is 12.6. The molecule has 1 unspecified atom stereocenters. The fourth-order valence-corrected chi connectivity index (χ4v) is 3.88. The first-order chi connectivity index (χ1) is 14.1. The Morgan fingerprint density at radius 3 is 2.69 bits per heavy atom. The third-order valence-corrected chi connectivity index (χ3v) is 5.72. The molecular weight excluding hydrogens is 382 g/mol. The van der Waals surface area contributed by atoms with Crippen molar-refractivity contribution in [2.75, 3.05) is 0 Å². The number of nitriles is 1. The highest BCUT2D eigenvalue weighted by Gasteiger charge is 2.18. The van der Waals surface area contributed by atoms with Crippen LogP contribution in [-0.2, 0) is 24.2 Å². The smallest absolute Gasteiger partial charge is 0.263 e. The van der Waals surface area contributed by atoms with Crippen LogP contribution in [0.15, 0.2) is 54.2 Å². The fourth-order valence-electron chi connectivity index (χ4n) is 3.68. The van der Waals surface area contributed by atoms with Gasteiger partial charge in [-0.25, -0.2) is 0 Å². The highest BCUT2D eigenvalue weighted by molar-refractivity contribution is 6.31. The van der Waals surface area contributed by atoms with Gasteiger partial charge in [-0.05, 0) is 60.4 Å². The van der Waals surface area contributed by atoms with Crippen LogP contribution in [0.3, 0.4) is 0 Å². The Hall–Kier alpha value is -2.77. The van der Waals surface area contributed by atoms with Gasteiger partial charge in [0.05, 0.1) is 6.04 Å². The van der Waals surface area contributed by atoms with Crippen molar-refractivity contribution in [3.63, 3.8) is 0 Å². The number of fused-ring (bicyclic) bond motifs is 1. The van der Waals surface area contributed by atoms with E-state index < -0.39 is 0 Å². The summed E-state index contributed by atoms with van der Waals surface area (Å²) in [6.07, 6.45) is 6.92. The number of nitrogens with one attached hydrogen (secondary N) is 2. The molecule has 2 aromatic rings. The second-order valence-electron chi connectivity index (χ2n) is 7.31. The number of hydrogen-bond acceptors (Lipinski definition) is 3. The summed E-state index contributed by atoms with van der Waals surface area (Å²) in [5.41, 5.74) is 4.86. The molecule has 0 bridgehead atoms. The minimum absolute atomic E-state index is 0.0495. The van der Waals surface area contributed by atoms with Crippen LogP contribution in [0.2, 0.25) is 5.02 Å². The molecule has 2 N–H and O–H groups in total. The van der Waals surface area contributed by atoms with E-state index in [0.29, 0.717) is 11.6 Å². The van der Waals surface area contributed by atoms with Crippen molar-refractivity contribution in [1.82, 2.24) is 10.6 Å². The van der Waals surface area contributed by atoms with Gasteiger partial charge in [0.1, 0.15) is 11.6 Å². The zero-order valence-electron chi connectivity index (χ0n) is 16.7. The molecule has 0 aliphatic heterocycles. The third kappa shape index (κ3) is 5.40. The molecule has 5 heteroatoms. The molecule has 0 aromatic heterocycles. The van der Waals surface area contributed by atoms with Gasteiger partial charge in [0.15, 0.2) is 0 Å². The number of rotatable bonds is 7. The van der Waals surface area contributed by atoms with Gasteiger partial charge in [0.25, 0.3) is 5.91 Å². The number of carbonyl (C=O) groups excluding carboxylic acids is 1. The molecule has 1 atom stereocenters. The van der Waals surface area contributed by atoms with Crippen LogP contribution < -0.4 is 10.6 Å².